The van der Waals surface area contributed by atoms with Crippen LogP contribution in [0.4, 0.5) is 0 Å². The molecule has 1 aliphatic heterocycles. The van der Waals surface area contributed by atoms with E-state index in [-0.39, 0.29) is 6.61 Å². The number of fused-ring (bicyclic) bond motifs is 1. The maximum Gasteiger partial charge on any atom is 0.311 e. The molecule has 0 saturated heterocycles. The van der Waals surface area contributed by atoms with E-state index in [1.807, 2.05) is 0 Å². The Labute approximate surface area is 78.9 Å². The maximum absolute atomic E-state index is 10.6. The van der Waals surface area contributed by atoms with E-state index in [1.165, 1.54) is 10.9 Å². The lowest BCUT2D eigenvalue weighted by molar-refractivity contribution is -0.144. The van der Waals surface area contributed by atoms with Crippen LogP contribution in [0.3, 0.4) is 0 Å². The standard InChI is InChI=1S/C7H7ClN2O3/c8-5-1-9-10-2-4(7(11)12)3-13-6(5)10/h1,4H,2-3H2,(H,11,12). The number of nitrogens with zero attached hydrogens (tertiary/aromatic N) is 2. The van der Waals surface area contributed by atoms with Crippen LogP contribution in [0.5, 0.6) is 5.88 Å². The molecule has 1 unspecified atom stereocenters. The Bertz CT molecular complexity index is 350. The molecule has 0 bridgehead atoms. The number of hydrogen-bond donors (Lipinski definition) is 1. The van der Waals surface area contributed by atoms with E-state index in [2.05, 4.69) is 5.10 Å². The lowest BCUT2D eigenvalue weighted by Crippen LogP contribution is -2.31. The van der Waals surface area contributed by atoms with Crippen LogP contribution in [0.1, 0.15) is 0 Å². The molecule has 1 atom stereocenters. The van der Waals surface area contributed by atoms with Gasteiger partial charge in [0.15, 0.2) is 0 Å². The quantitative estimate of drug-likeness (QED) is 0.726. The Morgan fingerprint density at radius 1 is 1.85 bits per heavy atom. The van der Waals surface area contributed by atoms with Gasteiger partial charge in [-0.2, -0.15) is 5.10 Å². The minimum absolute atomic E-state index is 0.154. The molecule has 5 nitrogen and oxygen atoms in total. The molecule has 1 aliphatic rings. The van der Waals surface area contributed by atoms with Gasteiger partial charge in [0.25, 0.3) is 0 Å². The predicted molar refractivity (Wildman–Crippen MR) is 43.9 cm³/mol. The summed E-state index contributed by atoms with van der Waals surface area (Å²) in [5.74, 6) is -0.958. The monoisotopic (exact) mass is 202 g/mol. The molecule has 1 N–H and O–H groups in total. The molecule has 0 aliphatic carbocycles. The van der Waals surface area contributed by atoms with Gasteiger partial charge in [0.2, 0.25) is 5.88 Å². The van der Waals surface area contributed by atoms with E-state index in [4.69, 9.17) is 21.4 Å². The summed E-state index contributed by atoms with van der Waals surface area (Å²) in [6.45, 7) is 0.470. The summed E-state index contributed by atoms with van der Waals surface area (Å²) in [7, 11) is 0. The third kappa shape index (κ3) is 1.35. The Kier molecular flexibility index (Phi) is 1.88. The highest BCUT2D eigenvalue weighted by atomic mass is 35.5. The fraction of sp³-hybridized carbons (Fsp3) is 0.429. The average molecular weight is 203 g/mol. The van der Waals surface area contributed by atoms with E-state index in [0.29, 0.717) is 17.4 Å². The summed E-state index contributed by atoms with van der Waals surface area (Å²) in [4.78, 5) is 10.6. The fourth-order valence-corrected chi connectivity index (χ4v) is 1.41. The molecular formula is C7H7ClN2O3. The number of aromatic nitrogens is 2. The lowest BCUT2D eigenvalue weighted by atomic mass is 10.1. The number of ether oxygens (including phenoxy) is 1. The maximum atomic E-state index is 10.6. The van der Waals surface area contributed by atoms with Crippen molar-refractivity contribution in [3.63, 3.8) is 0 Å². The molecule has 0 amide bonds. The van der Waals surface area contributed by atoms with Gasteiger partial charge in [0, 0.05) is 0 Å². The van der Waals surface area contributed by atoms with Crippen molar-refractivity contribution < 1.29 is 14.6 Å². The molecule has 0 saturated carbocycles. The smallest absolute Gasteiger partial charge is 0.311 e. The van der Waals surface area contributed by atoms with Gasteiger partial charge in [-0.25, -0.2) is 4.68 Å². The highest BCUT2D eigenvalue weighted by Gasteiger charge is 2.27. The second kappa shape index (κ2) is 2.92. The van der Waals surface area contributed by atoms with E-state index < -0.39 is 11.9 Å². The molecule has 0 spiro atoms. The molecule has 2 rings (SSSR count). The van der Waals surface area contributed by atoms with Gasteiger partial charge in [-0.05, 0) is 0 Å². The number of hydrogen-bond acceptors (Lipinski definition) is 3. The predicted octanol–water partition coefficient (Wildman–Crippen LogP) is 0.630. The van der Waals surface area contributed by atoms with Crippen LogP contribution in [0.25, 0.3) is 0 Å². The highest BCUT2D eigenvalue weighted by Crippen LogP contribution is 2.28. The van der Waals surface area contributed by atoms with Crippen LogP contribution in [0.2, 0.25) is 5.02 Å². The van der Waals surface area contributed by atoms with Gasteiger partial charge >= 0.3 is 5.97 Å². The van der Waals surface area contributed by atoms with Gasteiger partial charge in [-0.1, -0.05) is 11.6 Å². The average Bonchev–Trinajstić information content (AvgIpc) is 2.47. The first-order valence-corrected chi connectivity index (χ1v) is 4.13. The summed E-state index contributed by atoms with van der Waals surface area (Å²) < 4.78 is 6.62. The number of carbonyl (C=O) groups is 1. The van der Waals surface area contributed by atoms with Crippen LogP contribution in [0, 0.1) is 5.92 Å². The molecule has 2 heterocycles. The largest absolute Gasteiger partial charge is 0.481 e. The van der Waals surface area contributed by atoms with Gasteiger partial charge < -0.3 is 9.84 Å². The van der Waals surface area contributed by atoms with Crippen molar-refractivity contribution in [1.82, 2.24) is 9.78 Å². The third-order valence-corrected chi connectivity index (χ3v) is 2.17. The van der Waals surface area contributed by atoms with Gasteiger partial charge in [0.1, 0.15) is 17.5 Å². The summed E-state index contributed by atoms with van der Waals surface area (Å²) >= 11 is 5.73. The normalized spacial score (nSPS) is 20.5. The molecule has 0 aromatic carbocycles. The van der Waals surface area contributed by atoms with Crippen molar-refractivity contribution in [3.05, 3.63) is 11.2 Å². The first-order valence-electron chi connectivity index (χ1n) is 3.75. The molecule has 0 fully saturated rings. The van der Waals surface area contributed by atoms with Crippen LogP contribution < -0.4 is 4.74 Å². The van der Waals surface area contributed by atoms with Crippen LogP contribution in [-0.2, 0) is 11.3 Å². The molecular weight excluding hydrogens is 196 g/mol. The van der Waals surface area contributed by atoms with Crippen molar-refractivity contribution in [2.24, 2.45) is 5.92 Å². The SMILES string of the molecule is O=C(O)C1COc2c(Cl)cnn2C1. The third-order valence-electron chi connectivity index (χ3n) is 1.91. The Morgan fingerprint density at radius 2 is 2.62 bits per heavy atom. The van der Waals surface area contributed by atoms with Gasteiger partial charge in [-0.15, -0.1) is 0 Å². The zero-order chi connectivity index (χ0) is 9.42. The minimum Gasteiger partial charge on any atom is -0.481 e. The Morgan fingerprint density at radius 3 is 3.31 bits per heavy atom. The van der Waals surface area contributed by atoms with E-state index in [1.54, 1.807) is 0 Å². The summed E-state index contributed by atoms with van der Waals surface area (Å²) in [5.41, 5.74) is 0. The zero-order valence-corrected chi connectivity index (χ0v) is 7.36. The first-order chi connectivity index (χ1) is 6.18. The number of carboxylic acids is 1. The van der Waals surface area contributed by atoms with E-state index in [0.717, 1.165) is 0 Å². The minimum atomic E-state index is -0.878. The summed E-state index contributed by atoms with van der Waals surface area (Å²) in [6, 6.07) is 0. The van der Waals surface area contributed by atoms with Gasteiger partial charge in [-0.3, -0.25) is 4.79 Å². The highest BCUT2D eigenvalue weighted by molar-refractivity contribution is 6.31. The molecule has 1 aromatic rings. The van der Waals surface area contributed by atoms with Crippen molar-refractivity contribution in [2.45, 2.75) is 6.54 Å². The van der Waals surface area contributed by atoms with E-state index >= 15 is 0 Å². The fourth-order valence-electron chi connectivity index (χ4n) is 1.22. The topological polar surface area (TPSA) is 64.3 Å². The molecule has 1 aromatic heterocycles. The van der Waals surface area contributed by atoms with Crippen LogP contribution in [0.15, 0.2) is 6.20 Å². The number of aliphatic carboxylic acids is 1. The Hall–Kier alpha value is -1.23. The number of halogens is 1. The molecule has 13 heavy (non-hydrogen) atoms. The summed E-state index contributed by atoms with van der Waals surface area (Å²) in [6.07, 6.45) is 1.45. The van der Waals surface area contributed by atoms with Crippen molar-refractivity contribution in [2.75, 3.05) is 6.61 Å². The van der Waals surface area contributed by atoms with E-state index in [9.17, 15) is 4.79 Å². The van der Waals surface area contributed by atoms with Gasteiger partial charge in [0.05, 0.1) is 12.7 Å². The van der Waals surface area contributed by atoms with Crippen molar-refractivity contribution in [3.8, 4) is 5.88 Å². The van der Waals surface area contributed by atoms with Crippen LogP contribution in [-0.4, -0.2) is 27.5 Å². The van der Waals surface area contributed by atoms with Crippen molar-refractivity contribution in [1.29, 1.82) is 0 Å². The zero-order valence-electron chi connectivity index (χ0n) is 6.61. The number of carboxylic acid groups (broad SMARTS) is 1. The Balaban J connectivity index is 2.25. The molecule has 6 heteroatoms. The van der Waals surface area contributed by atoms with Crippen LogP contribution >= 0.6 is 11.6 Å². The molecule has 70 valence electrons. The lowest BCUT2D eigenvalue weighted by Gasteiger charge is -2.20. The second-order valence-corrected chi connectivity index (χ2v) is 3.23. The number of rotatable bonds is 1. The van der Waals surface area contributed by atoms with Crippen molar-refractivity contribution >= 4 is 17.6 Å². The summed E-state index contributed by atoms with van der Waals surface area (Å²) in [5, 5.41) is 13.0. The molecule has 0 radical (unpaired) electrons. The second-order valence-electron chi connectivity index (χ2n) is 2.83. The first kappa shape index (κ1) is 8.37.